The molecule has 2 amide bonds. The number of ether oxygens (including phenoxy) is 3. The molecule has 0 atom stereocenters. The van der Waals surface area contributed by atoms with Gasteiger partial charge in [0.2, 0.25) is 6.79 Å². The molecule has 6 nitrogen and oxygen atoms in total. The van der Waals surface area contributed by atoms with Crippen molar-refractivity contribution >= 4 is 17.4 Å². The van der Waals surface area contributed by atoms with Crippen LogP contribution in [0.15, 0.2) is 72.8 Å². The predicted molar refractivity (Wildman–Crippen MR) is 102 cm³/mol. The minimum absolute atomic E-state index is 0.198. The minimum atomic E-state index is -0.341. The molecule has 0 saturated carbocycles. The van der Waals surface area contributed by atoms with Gasteiger partial charge in [-0.25, -0.2) is 4.79 Å². The van der Waals surface area contributed by atoms with Gasteiger partial charge in [-0.05, 0) is 42.0 Å². The lowest BCUT2D eigenvalue weighted by molar-refractivity contribution is 0.174. The zero-order valence-electron chi connectivity index (χ0n) is 14.5. The molecular formula is C21H18N2O4. The summed E-state index contributed by atoms with van der Waals surface area (Å²) >= 11 is 0. The highest BCUT2D eigenvalue weighted by molar-refractivity contribution is 5.99. The third-order valence-corrected chi connectivity index (χ3v) is 3.99. The molecule has 136 valence electrons. The van der Waals surface area contributed by atoms with Crippen molar-refractivity contribution in [3.63, 3.8) is 0 Å². The minimum Gasteiger partial charge on any atom is -0.489 e. The van der Waals surface area contributed by atoms with Crippen LogP contribution in [0.2, 0.25) is 0 Å². The topological polar surface area (TPSA) is 68.8 Å². The van der Waals surface area contributed by atoms with Crippen LogP contribution in [0, 0.1) is 0 Å². The molecule has 27 heavy (non-hydrogen) atoms. The highest BCUT2D eigenvalue weighted by Crippen LogP contribution is 2.34. The number of carbonyl (C=O) groups is 1. The SMILES string of the molecule is O=C(Nc1ccc(OCc2ccccc2)cc1)Nc1ccc2c(c1)OCO2. The van der Waals surface area contributed by atoms with Crippen LogP contribution in [0.1, 0.15) is 5.56 Å². The quantitative estimate of drug-likeness (QED) is 0.694. The second-order valence-corrected chi connectivity index (χ2v) is 5.95. The number of anilines is 2. The van der Waals surface area contributed by atoms with Crippen LogP contribution in [0.3, 0.4) is 0 Å². The molecule has 0 aromatic heterocycles. The standard InChI is InChI=1S/C21H18N2O4/c24-21(23-17-8-11-19-20(12-17)27-14-26-19)22-16-6-9-18(10-7-16)25-13-15-4-2-1-3-5-15/h1-12H,13-14H2,(H2,22,23,24). The number of carbonyl (C=O) groups excluding carboxylic acids is 1. The van der Waals surface area contributed by atoms with Crippen LogP contribution in [0.5, 0.6) is 17.2 Å². The van der Waals surface area contributed by atoms with Crippen LogP contribution in [0.4, 0.5) is 16.2 Å². The maximum Gasteiger partial charge on any atom is 0.323 e. The summed E-state index contributed by atoms with van der Waals surface area (Å²) in [6.07, 6.45) is 0. The van der Waals surface area contributed by atoms with Gasteiger partial charge in [-0.1, -0.05) is 30.3 Å². The number of fused-ring (bicyclic) bond motifs is 1. The van der Waals surface area contributed by atoms with Crippen molar-refractivity contribution in [1.29, 1.82) is 0 Å². The number of nitrogens with one attached hydrogen (secondary N) is 2. The van der Waals surface area contributed by atoms with E-state index in [1.165, 1.54) is 0 Å². The molecule has 2 N–H and O–H groups in total. The Balaban J connectivity index is 1.30. The van der Waals surface area contributed by atoms with Gasteiger partial charge in [0.25, 0.3) is 0 Å². The number of amides is 2. The van der Waals surface area contributed by atoms with Crippen molar-refractivity contribution in [2.75, 3.05) is 17.4 Å². The lowest BCUT2D eigenvalue weighted by Crippen LogP contribution is -2.19. The zero-order valence-corrected chi connectivity index (χ0v) is 14.5. The molecule has 3 aromatic rings. The molecule has 1 aliphatic rings. The van der Waals surface area contributed by atoms with E-state index in [4.69, 9.17) is 14.2 Å². The van der Waals surface area contributed by atoms with Crippen molar-refractivity contribution in [1.82, 2.24) is 0 Å². The van der Waals surface area contributed by atoms with Crippen LogP contribution in [-0.4, -0.2) is 12.8 Å². The number of benzene rings is 3. The fourth-order valence-corrected chi connectivity index (χ4v) is 2.64. The van der Waals surface area contributed by atoms with E-state index in [9.17, 15) is 4.79 Å². The van der Waals surface area contributed by atoms with Gasteiger partial charge in [0, 0.05) is 17.4 Å². The summed E-state index contributed by atoms with van der Waals surface area (Å²) in [6, 6.07) is 22.1. The highest BCUT2D eigenvalue weighted by atomic mass is 16.7. The first-order valence-electron chi connectivity index (χ1n) is 8.51. The second-order valence-electron chi connectivity index (χ2n) is 5.95. The average Bonchev–Trinajstić information content (AvgIpc) is 3.16. The average molecular weight is 362 g/mol. The smallest absolute Gasteiger partial charge is 0.323 e. The third-order valence-electron chi connectivity index (χ3n) is 3.99. The van der Waals surface area contributed by atoms with Gasteiger partial charge >= 0.3 is 6.03 Å². The second kappa shape index (κ2) is 7.70. The predicted octanol–water partition coefficient (Wildman–Crippen LogP) is 4.64. The molecule has 6 heteroatoms. The molecule has 1 heterocycles. The number of hydrogen-bond acceptors (Lipinski definition) is 4. The Hall–Kier alpha value is -3.67. The fourth-order valence-electron chi connectivity index (χ4n) is 2.64. The molecule has 0 saturated heterocycles. The Morgan fingerprint density at radius 1 is 0.852 bits per heavy atom. The first-order valence-corrected chi connectivity index (χ1v) is 8.51. The molecule has 0 aliphatic carbocycles. The van der Waals surface area contributed by atoms with Crippen molar-refractivity contribution in [3.8, 4) is 17.2 Å². The van der Waals surface area contributed by atoms with Crippen molar-refractivity contribution < 1.29 is 19.0 Å². The number of urea groups is 1. The Morgan fingerprint density at radius 3 is 2.37 bits per heavy atom. The zero-order chi connectivity index (χ0) is 18.5. The summed E-state index contributed by atoms with van der Waals surface area (Å²) in [4.78, 5) is 12.2. The molecule has 1 aliphatic heterocycles. The molecule has 4 rings (SSSR count). The van der Waals surface area contributed by atoms with E-state index < -0.39 is 0 Å². The largest absolute Gasteiger partial charge is 0.489 e. The summed E-state index contributed by atoms with van der Waals surface area (Å²) in [6.45, 7) is 0.696. The van der Waals surface area contributed by atoms with Gasteiger partial charge in [0.1, 0.15) is 12.4 Å². The third kappa shape index (κ3) is 4.30. The van der Waals surface area contributed by atoms with E-state index in [-0.39, 0.29) is 12.8 Å². The molecule has 0 bridgehead atoms. The van der Waals surface area contributed by atoms with E-state index in [0.717, 1.165) is 11.3 Å². The summed E-state index contributed by atoms with van der Waals surface area (Å²) in [5.41, 5.74) is 2.39. The first-order chi connectivity index (χ1) is 13.3. The lowest BCUT2D eigenvalue weighted by atomic mass is 10.2. The van der Waals surface area contributed by atoms with Gasteiger partial charge in [-0.3, -0.25) is 0 Å². The number of hydrogen-bond donors (Lipinski definition) is 2. The summed E-state index contributed by atoms with van der Waals surface area (Å²) in [7, 11) is 0. The summed E-state index contributed by atoms with van der Waals surface area (Å²) in [5.74, 6) is 2.03. The van der Waals surface area contributed by atoms with E-state index in [1.54, 1.807) is 30.3 Å². The maximum atomic E-state index is 12.2. The highest BCUT2D eigenvalue weighted by Gasteiger charge is 2.14. The van der Waals surface area contributed by atoms with Crippen LogP contribution in [0.25, 0.3) is 0 Å². The van der Waals surface area contributed by atoms with Crippen molar-refractivity contribution in [2.45, 2.75) is 6.61 Å². The first kappa shape index (κ1) is 16.8. The van der Waals surface area contributed by atoms with Crippen LogP contribution < -0.4 is 24.8 Å². The lowest BCUT2D eigenvalue weighted by Gasteiger charge is -2.10. The van der Waals surface area contributed by atoms with E-state index in [1.807, 2.05) is 42.5 Å². The monoisotopic (exact) mass is 362 g/mol. The maximum absolute atomic E-state index is 12.2. The van der Waals surface area contributed by atoms with Crippen LogP contribution >= 0.6 is 0 Å². The van der Waals surface area contributed by atoms with Gasteiger partial charge in [-0.2, -0.15) is 0 Å². The van der Waals surface area contributed by atoms with Crippen LogP contribution in [-0.2, 0) is 6.61 Å². The summed E-state index contributed by atoms with van der Waals surface area (Å²) in [5, 5.41) is 5.55. The van der Waals surface area contributed by atoms with Gasteiger partial charge < -0.3 is 24.8 Å². The Labute approximate surface area is 156 Å². The Kier molecular flexibility index (Phi) is 4.78. The molecular weight excluding hydrogens is 344 g/mol. The summed E-state index contributed by atoms with van der Waals surface area (Å²) < 4.78 is 16.3. The Bertz CT molecular complexity index is 927. The fraction of sp³-hybridized carbons (Fsp3) is 0.0952. The molecule has 0 fully saturated rings. The van der Waals surface area contributed by atoms with E-state index >= 15 is 0 Å². The van der Waals surface area contributed by atoms with Crippen molar-refractivity contribution in [2.24, 2.45) is 0 Å². The van der Waals surface area contributed by atoms with Gasteiger partial charge in [0.15, 0.2) is 11.5 Å². The normalized spacial score (nSPS) is 11.7. The van der Waals surface area contributed by atoms with Gasteiger partial charge in [0.05, 0.1) is 0 Å². The van der Waals surface area contributed by atoms with E-state index in [2.05, 4.69) is 10.6 Å². The van der Waals surface area contributed by atoms with Gasteiger partial charge in [-0.15, -0.1) is 0 Å². The number of rotatable bonds is 5. The van der Waals surface area contributed by atoms with Crippen molar-refractivity contribution in [3.05, 3.63) is 78.4 Å². The molecule has 0 spiro atoms. The molecule has 3 aromatic carbocycles. The Morgan fingerprint density at radius 2 is 1.56 bits per heavy atom. The molecule has 0 unspecified atom stereocenters. The molecule has 0 radical (unpaired) electrons. The van der Waals surface area contributed by atoms with E-state index in [0.29, 0.717) is 29.5 Å².